The van der Waals surface area contributed by atoms with Gasteiger partial charge >= 0.3 is 0 Å². The molecule has 0 aliphatic rings. The van der Waals surface area contributed by atoms with Crippen molar-refractivity contribution in [3.05, 3.63) is 34.2 Å². The van der Waals surface area contributed by atoms with Crippen molar-refractivity contribution in [2.45, 2.75) is 19.9 Å². The third-order valence-electron chi connectivity index (χ3n) is 2.62. The first kappa shape index (κ1) is 14.8. The van der Waals surface area contributed by atoms with Crippen molar-refractivity contribution in [2.24, 2.45) is 0 Å². The smallest absolute Gasteiger partial charge is 0.225 e. The number of anilines is 1. The number of hydrogen-bond donors (Lipinski definition) is 2. The molecule has 0 atom stereocenters. The zero-order valence-corrected chi connectivity index (χ0v) is 11.6. The van der Waals surface area contributed by atoms with E-state index in [1.54, 1.807) is 23.7 Å². The van der Waals surface area contributed by atoms with Crippen molar-refractivity contribution >= 4 is 17.2 Å². The topological polar surface area (TPSA) is 75.9 Å². The predicted octanol–water partition coefficient (Wildman–Crippen LogP) is -2.70. The van der Waals surface area contributed by atoms with Gasteiger partial charge in [-0.05, 0) is 0 Å². The van der Waals surface area contributed by atoms with Crippen LogP contribution in [-0.2, 0) is 13.0 Å². The van der Waals surface area contributed by atoms with E-state index in [9.17, 15) is 0 Å². The fourth-order valence-electron chi connectivity index (χ4n) is 1.61. The zero-order chi connectivity index (χ0) is 12.3. The molecule has 2 heterocycles. The second kappa shape index (κ2) is 6.63. The molecule has 7 heteroatoms. The summed E-state index contributed by atoms with van der Waals surface area (Å²) in [6.45, 7) is 2.83. The third kappa shape index (κ3) is 3.16. The minimum atomic E-state index is 0. The first-order valence-electron chi connectivity index (χ1n) is 5.35. The van der Waals surface area contributed by atoms with Gasteiger partial charge in [0.2, 0.25) is 5.51 Å². The molecule has 0 aromatic carbocycles. The Balaban J connectivity index is 0.00000162. The van der Waals surface area contributed by atoms with Crippen LogP contribution < -0.4 is 22.7 Å². The Labute approximate surface area is 116 Å². The molecule has 2 aromatic rings. The molecule has 0 unspecified atom stereocenters. The number of rotatable bonds is 4. The van der Waals surface area contributed by atoms with Crippen molar-refractivity contribution < 1.29 is 22.1 Å². The Hall–Kier alpha value is -1.24. The van der Waals surface area contributed by atoms with E-state index in [0.717, 1.165) is 11.4 Å². The van der Waals surface area contributed by atoms with Gasteiger partial charge in [-0.1, -0.05) is 11.3 Å². The molecule has 2 rings (SSSR count). The number of halogens is 1. The van der Waals surface area contributed by atoms with E-state index >= 15 is 0 Å². The number of thiazole rings is 1. The lowest BCUT2D eigenvalue weighted by molar-refractivity contribution is -0.690. The van der Waals surface area contributed by atoms with Gasteiger partial charge < -0.3 is 23.2 Å². The van der Waals surface area contributed by atoms with Gasteiger partial charge in [-0.2, -0.15) is 4.57 Å². The van der Waals surface area contributed by atoms with E-state index in [1.165, 1.54) is 4.88 Å². The van der Waals surface area contributed by atoms with Gasteiger partial charge in [0.25, 0.3) is 0 Å². The monoisotopic (exact) mass is 286 g/mol. The van der Waals surface area contributed by atoms with Crippen molar-refractivity contribution in [2.75, 3.05) is 12.3 Å². The first-order valence-corrected chi connectivity index (χ1v) is 6.23. The fraction of sp³-hybridized carbons (Fsp3) is 0.364. The molecular formula is C11H15ClN4OS. The van der Waals surface area contributed by atoms with Crippen LogP contribution in [0.1, 0.15) is 16.3 Å². The van der Waals surface area contributed by atoms with Crippen LogP contribution in [0.25, 0.3) is 0 Å². The quantitative estimate of drug-likeness (QED) is 0.600. The van der Waals surface area contributed by atoms with Crippen molar-refractivity contribution in [1.29, 1.82) is 0 Å². The van der Waals surface area contributed by atoms with E-state index < -0.39 is 0 Å². The van der Waals surface area contributed by atoms with Gasteiger partial charge in [0, 0.05) is 32.3 Å². The van der Waals surface area contributed by atoms with Crippen LogP contribution in [-0.4, -0.2) is 21.7 Å². The van der Waals surface area contributed by atoms with Gasteiger partial charge in [0.1, 0.15) is 5.69 Å². The van der Waals surface area contributed by atoms with Crippen molar-refractivity contribution in [1.82, 2.24) is 9.97 Å². The normalized spacial score (nSPS) is 10.1. The zero-order valence-electron chi connectivity index (χ0n) is 10.0. The van der Waals surface area contributed by atoms with Crippen LogP contribution in [0.3, 0.4) is 0 Å². The maximum atomic E-state index is 8.94. The standard InChI is InChI=1S/C11H15N4OS.ClH/c1-8-10(2-5-16)17-7-15(8)6-9-11(12)14-4-3-13-9;/h3-4,7,16H,2,5-6H2,1H3,(H2,12,14);1H/q+1;/p-1. The average molecular weight is 287 g/mol. The molecular weight excluding hydrogens is 272 g/mol. The molecule has 0 saturated carbocycles. The van der Waals surface area contributed by atoms with Crippen LogP contribution in [0.15, 0.2) is 17.9 Å². The Kier molecular flexibility index (Phi) is 5.46. The molecule has 0 saturated heterocycles. The Morgan fingerprint density at radius 2 is 2.11 bits per heavy atom. The average Bonchev–Trinajstić information content (AvgIpc) is 2.65. The molecule has 5 nitrogen and oxygen atoms in total. The number of aromatic nitrogens is 3. The highest BCUT2D eigenvalue weighted by molar-refractivity contribution is 7.09. The van der Waals surface area contributed by atoms with E-state index in [2.05, 4.69) is 14.5 Å². The highest BCUT2D eigenvalue weighted by Gasteiger charge is 2.17. The Morgan fingerprint density at radius 3 is 2.78 bits per heavy atom. The minimum absolute atomic E-state index is 0. The number of aliphatic hydroxyl groups is 1. The number of nitrogens with zero attached hydrogens (tertiary/aromatic N) is 3. The molecule has 2 aromatic heterocycles. The van der Waals surface area contributed by atoms with Gasteiger partial charge in [-0.3, -0.25) is 0 Å². The van der Waals surface area contributed by atoms with Crippen LogP contribution >= 0.6 is 11.3 Å². The minimum Gasteiger partial charge on any atom is -1.00 e. The largest absolute Gasteiger partial charge is 1.00 e. The molecule has 0 bridgehead atoms. The Bertz CT molecular complexity index is 517. The second-order valence-electron chi connectivity index (χ2n) is 3.72. The highest BCUT2D eigenvalue weighted by atomic mass is 35.5. The molecule has 0 amide bonds. The van der Waals surface area contributed by atoms with Crippen LogP contribution in [0.2, 0.25) is 0 Å². The lowest BCUT2D eigenvalue weighted by Gasteiger charge is -1.99. The van der Waals surface area contributed by atoms with E-state index in [1.807, 2.05) is 12.4 Å². The second-order valence-corrected chi connectivity index (χ2v) is 4.66. The van der Waals surface area contributed by atoms with Crippen LogP contribution in [0.4, 0.5) is 5.82 Å². The molecule has 0 aliphatic heterocycles. The maximum Gasteiger partial charge on any atom is 0.225 e. The summed E-state index contributed by atoms with van der Waals surface area (Å²) >= 11 is 1.64. The lowest BCUT2D eigenvalue weighted by atomic mass is 10.3. The summed E-state index contributed by atoms with van der Waals surface area (Å²) in [6, 6.07) is 0. The van der Waals surface area contributed by atoms with Crippen molar-refractivity contribution in [3.63, 3.8) is 0 Å². The number of nitrogens with two attached hydrogens (primary N) is 1. The highest BCUT2D eigenvalue weighted by Crippen LogP contribution is 2.12. The SMILES string of the molecule is Cc1c(CCO)sc[n+]1Cc1nccnc1N.[Cl-]. The first-order chi connectivity index (χ1) is 8.22. The number of aliphatic hydroxyl groups excluding tert-OH is 1. The molecule has 0 aliphatic carbocycles. The summed E-state index contributed by atoms with van der Waals surface area (Å²) < 4.78 is 2.08. The molecule has 0 radical (unpaired) electrons. The third-order valence-corrected chi connectivity index (χ3v) is 3.77. The van der Waals surface area contributed by atoms with Crippen LogP contribution in [0.5, 0.6) is 0 Å². The van der Waals surface area contributed by atoms with Gasteiger partial charge in [-0.25, -0.2) is 9.97 Å². The van der Waals surface area contributed by atoms with E-state index in [-0.39, 0.29) is 19.0 Å². The fourth-order valence-corrected chi connectivity index (χ4v) is 2.59. The van der Waals surface area contributed by atoms with E-state index in [4.69, 9.17) is 10.8 Å². The number of hydrogen-bond acceptors (Lipinski definition) is 5. The summed E-state index contributed by atoms with van der Waals surface area (Å²) in [5.41, 5.74) is 9.70. The number of nitrogen functional groups attached to an aromatic ring is 1. The summed E-state index contributed by atoms with van der Waals surface area (Å²) in [6.07, 6.45) is 3.92. The van der Waals surface area contributed by atoms with Gasteiger partial charge in [-0.15, -0.1) is 0 Å². The molecule has 3 N–H and O–H groups in total. The molecule has 98 valence electrons. The van der Waals surface area contributed by atoms with Gasteiger partial charge in [0.05, 0.1) is 4.88 Å². The Morgan fingerprint density at radius 1 is 1.39 bits per heavy atom. The summed E-state index contributed by atoms with van der Waals surface area (Å²) in [5.74, 6) is 0.467. The van der Waals surface area contributed by atoms with Crippen molar-refractivity contribution in [3.8, 4) is 0 Å². The maximum absolute atomic E-state index is 8.94. The lowest BCUT2D eigenvalue weighted by Crippen LogP contribution is -3.00. The summed E-state index contributed by atoms with van der Waals surface area (Å²) in [5, 5.41) is 8.94. The molecule has 0 fully saturated rings. The van der Waals surface area contributed by atoms with Crippen LogP contribution in [0, 0.1) is 6.92 Å². The predicted molar refractivity (Wildman–Crippen MR) is 65.6 cm³/mol. The molecule has 0 spiro atoms. The summed E-state index contributed by atoms with van der Waals surface area (Å²) in [7, 11) is 0. The van der Waals surface area contributed by atoms with E-state index in [0.29, 0.717) is 18.8 Å². The van der Waals surface area contributed by atoms with Gasteiger partial charge in [0.15, 0.2) is 18.1 Å². The molecule has 18 heavy (non-hydrogen) atoms. The summed E-state index contributed by atoms with van der Waals surface area (Å²) in [4.78, 5) is 9.42.